The molecule has 36 heavy (non-hydrogen) atoms. The van der Waals surface area contributed by atoms with Gasteiger partial charge in [-0.3, -0.25) is 4.79 Å². The van der Waals surface area contributed by atoms with Crippen molar-refractivity contribution in [1.82, 2.24) is 9.97 Å². The smallest absolute Gasteiger partial charge is 0.328 e. The molecule has 0 bridgehead atoms. The number of methoxy groups -OCH3 is 1. The van der Waals surface area contributed by atoms with Gasteiger partial charge in [0.1, 0.15) is 0 Å². The molecule has 0 radical (unpaired) electrons. The number of hydrogen-bond donors (Lipinski definition) is 2. The van der Waals surface area contributed by atoms with Crippen molar-refractivity contribution in [2.75, 3.05) is 7.11 Å². The molecule has 182 valence electrons. The lowest BCUT2D eigenvalue weighted by molar-refractivity contribution is -0.131. The molecule has 0 aliphatic heterocycles. The number of aliphatic carboxylic acids is 1. The highest BCUT2D eigenvalue weighted by Crippen LogP contribution is 2.46. The standard InChI is InChI=1S/C29H26N2O4S/c1-17-14-25(35-2)30-16-22(17)28(19-4-3-5-19)27(20-9-6-18(7-10-20)8-13-26(32)33)21-11-12-24-23(15-21)31-29(34)36-24/h6-16,19H,3-5H2,1-2H3,(H,31,34)(H,32,33)/b13-8+,28-27+. The first kappa shape index (κ1) is 23.8. The molecule has 4 aromatic rings. The molecule has 0 saturated heterocycles. The maximum absolute atomic E-state index is 12.0. The van der Waals surface area contributed by atoms with E-state index in [0.29, 0.717) is 11.8 Å². The third-order valence-corrected chi connectivity index (χ3v) is 7.56. The number of nitrogens with zero attached hydrogens (tertiary/aromatic N) is 1. The summed E-state index contributed by atoms with van der Waals surface area (Å²) in [6.07, 6.45) is 8.00. The first-order valence-electron chi connectivity index (χ1n) is 11.8. The minimum absolute atomic E-state index is 0.0725. The first-order chi connectivity index (χ1) is 17.4. The van der Waals surface area contributed by atoms with E-state index in [-0.39, 0.29) is 4.87 Å². The van der Waals surface area contributed by atoms with Crippen LogP contribution < -0.4 is 9.61 Å². The van der Waals surface area contributed by atoms with Crippen LogP contribution in [-0.2, 0) is 4.79 Å². The predicted octanol–water partition coefficient (Wildman–Crippen LogP) is 6.16. The highest BCUT2D eigenvalue weighted by Gasteiger charge is 2.28. The molecule has 2 N–H and O–H groups in total. The molecule has 0 atom stereocenters. The van der Waals surface area contributed by atoms with Crippen LogP contribution in [0.4, 0.5) is 0 Å². The van der Waals surface area contributed by atoms with E-state index in [0.717, 1.165) is 62.5 Å². The fourth-order valence-corrected chi connectivity index (χ4v) is 5.41. The number of aromatic nitrogens is 2. The zero-order valence-electron chi connectivity index (χ0n) is 20.1. The van der Waals surface area contributed by atoms with Crippen LogP contribution in [0.25, 0.3) is 27.4 Å². The third kappa shape index (κ3) is 4.75. The number of aryl methyl sites for hydroxylation is 1. The Kier molecular flexibility index (Phi) is 6.57. The Balaban J connectivity index is 1.76. The Morgan fingerprint density at radius 1 is 1.14 bits per heavy atom. The maximum Gasteiger partial charge on any atom is 0.328 e. The molecule has 1 aliphatic rings. The SMILES string of the molecule is COc1cc(C)c(/C(=C(\c2ccc(/C=C/C(=O)O)cc2)c2ccc3sc(=O)[nH]c3c2)C2CCC2)cn1. The second-order valence-corrected chi connectivity index (χ2v) is 9.99. The van der Waals surface area contributed by atoms with E-state index in [1.54, 1.807) is 13.2 Å². The molecule has 2 aromatic heterocycles. The molecule has 1 aliphatic carbocycles. The van der Waals surface area contributed by atoms with Crippen LogP contribution >= 0.6 is 11.3 Å². The van der Waals surface area contributed by atoms with Gasteiger partial charge in [0.2, 0.25) is 5.88 Å². The summed E-state index contributed by atoms with van der Waals surface area (Å²) in [4.78, 5) is 30.3. The number of hydrogen-bond acceptors (Lipinski definition) is 5. The molecule has 6 nitrogen and oxygen atoms in total. The number of thiazole rings is 1. The second kappa shape index (κ2) is 9.95. The minimum Gasteiger partial charge on any atom is -0.481 e. The number of aromatic amines is 1. The van der Waals surface area contributed by atoms with Gasteiger partial charge in [0.25, 0.3) is 0 Å². The Labute approximate surface area is 212 Å². The van der Waals surface area contributed by atoms with Crippen LogP contribution in [0, 0.1) is 12.8 Å². The van der Waals surface area contributed by atoms with Crippen molar-refractivity contribution in [3.63, 3.8) is 0 Å². The highest BCUT2D eigenvalue weighted by molar-refractivity contribution is 7.16. The van der Waals surface area contributed by atoms with Crippen LogP contribution in [0.2, 0.25) is 0 Å². The number of fused-ring (bicyclic) bond motifs is 1. The van der Waals surface area contributed by atoms with Crippen LogP contribution in [0.1, 0.15) is 47.1 Å². The molecule has 0 amide bonds. The van der Waals surface area contributed by atoms with Crippen LogP contribution in [0.3, 0.4) is 0 Å². The molecule has 0 spiro atoms. The van der Waals surface area contributed by atoms with Gasteiger partial charge in [0, 0.05) is 23.9 Å². The van der Waals surface area contributed by atoms with E-state index in [1.165, 1.54) is 23.3 Å². The molecule has 2 aromatic carbocycles. The van der Waals surface area contributed by atoms with Gasteiger partial charge in [-0.15, -0.1) is 0 Å². The summed E-state index contributed by atoms with van der Waals surface area (Å²) in [5.41, 5.74) is 8.18. The van der Waals surface area contributed by atoms with Gasteiger partial charge < -0.3 is 14.8 Å². The fourth-order valence-electron chi connectivity index (χ4n) is 4.69. The zero-order valence-corrected chi connectivity index (χ0v) is 20.9. The van der Waals surface area contributed by atoms with Crippen molar-refractivity contribution in [3.8, 4) is 5.88 Å². The fraction of sp³-hybridized carbons (Fsp3) is 0.207. The van der Waals surface area contributed by atoms with Crippen molar-refractivity contribution in [2.45, 2.75) is 26.2 Å². The largest absolute Gasteiger partial charge is 0.481 e. The molecule has 2 heterocycles. The van der Waals surface area contributed by atoms with E-state index in [9.17, 15) is 9.59 Å². The number of carbonyl (C=O) groups is 1. The van der Waals surface area contributed by atoms with E-state index < -0.39 is 5.97 Å². The van der Waals surface area contributed by atoms with Crippen LogP contribution in [-0.4, -0.2) is 28.2 Å². The topological polar surface area (TPSA) is 92.3 Å². The number of pyridine rings is 1. The normalized spacial score (nSPS) is 14.6. The van der Waals surface area contributed by atoms with Gasteiger partial charge >= 0.3 is 10.8 Å². The lowest BCUT2D eigenvalue weighted by Gasteiger charge is -2.32. The summed E-state index contributed by atoms with van der Waals surface area (Å²) in [6.45, 7) is 2.08. The van der Waals surface area contributed by atoms with Crippen molar-refractivity contribution < 1.29 is 14.6 Å². The van der Waals surface area contributed by atoms with E-state index in [4.69, 9.17) is 9.84 Å². The Hall–Kier alpha value is -3.97. The molecule has 5 rings (SSSR count). The van der Waals surface area contributed by atoms with E-state index in [1.807, 2.05) is 48.7 Å². The first-order valence-corrected chi connectivity index (χ1v) is 12.6. The number of allylic oxidation sites excluding steroid dienone is 1. The van der Waals surface area contributed by atoms with Gasteiger partial charge in [-0.1, -0.05) is 48.1 Å². The van der Waals surface area contributed by atoms with E-state index >= 15 is 0 Å². The summed E-state index contributed by atoms with van der Waals surface area (Å²) in [7, 11) is 1.62. The molecule has 1 fully saturated rings. The summed E-state index contributed by atoms with van der Waals surface area (Å²) in [6, 6.07) is 16.0. The van der Waals surface area contributed by atoms with Gasteiger partial charge in [0.15, 0.2) is 0 Å². The maximum atomic E-state index is 12.0. The number of H-pyrrole nitrogens is 1. The van der Waals surface area contributed by atoms with Gasteiger partial charge in [-0.2, -0.15) is 0 Å². The molecule has 7 heteroatoms. The van der Waals surface area contributed by atoms with Crippen molar-refractivity contribution in [1.29, 1.82) is 0 Å². The van der Waals surface area contributed by atoms with Gasteiger partial charge in [-0.25, -0.2) is 9.78 Å². The van der Waals surface area contributed by atoms with Crippen molar-refractivity contribution in [3.05, 3.63) is 98.3 Å². The van der Waals surface area contributed by atoms with Gasteiger partial charge in [0.05, 0.1) is 17.3 Å². The summed E-state index contributed by atoms with van der Waals surface area (Å²) in [5, 5.41) is 8.98. The Bertz CT molecular complexity index is 1560. The number of benzene rings is 2. The monoisotopic (exact) mass is 498 g/mol. The molecular formula is C29H26N2O4S. The summed E-state index contributed by atoms with van der Waals surface area (Å²) < 4.78 is 6.28. The predicted molar refractivity (Wildman–Crippen MR) is 144 cm³/mol. The quantitative estimate of drug-likeness (QED) is 0.298. The average Bonchev–Trinajstić information content (AvgIpc) is 3.21. The van der Waals surface area contributed by atoms with Crippen molar-refractivity contribution >= 4 is 44.7 Å². The minimum atomic E-state index is -0.979. The van der Waals surface area contributed by atoms with Gasteiger partial charge in [-0.05, 0) is 77.3 Å². The van der Waals surface area contributed by atoms with E-state index in [2.05, 4.69) is 23.0 Å². The molecule has 1 saturated carbocycles. The highest BCUT2D eigenvalue weighted by atomic mass is 32.1. The number of nitrogens with one attached hydrogen (secondary N) is 1. The number of carboxylic acid groups (broad SMARTS) is 1. The summed E-state index contributed by atoms with van der Waals surface area (Å²) >= 11 is 1.20. The lowest BCUT2D eigenvalue weighted by Crippen LogP contribution is -2.16. The number of ether oxygens (including phenoxy) is 1. The Morgan fingerprint density at radius 3 is 2.53 bits per heavy atom. The number of carboxylic acids is 1. The number of rotatable bonds is 7. The summed E-state index contributed by atoms with van der Waals surface area (Å²) in [5.74, 6) is -0.0113. The van der Waals surface area contributed by atoms with Crippen LogP contribution in [0.5, 0.6) is 5.88 Å². The third-order valence-electron chi connectivity index (χ3n) is 6.69. The van der Waals surface area contributed by atoms with Crippen LogP contribution in [0.15, 0.2) is 65.6 Å². The zero-order chi connectivity index (χ0) is 25.2. The average molecular weight is 499 g/mol. The lowest BCUT2D eigenvalue weighted by atomic mass is 9.72. The second-order valence-electron chi connectivity index (χ2n) is 8.98. The molecule has 0 unspecified atom stereocenters. The van der Waals surface area contributed by atoms with Crippen molar-refractivity contribution in [2.24, 2.45) is 5.92 Å². The molecular weight excluding hydrogens is 472 g/mol. The Morgan fingerprint density at radius 2 is 1.89 bits per heavy atom.